The fraction of sp³-hybridized carbons (Fsp3) is 0.714. The maximum absolute atomic E-state index is 10.2. The van der Waals surface area contributed by atoms with Gasteiger partial charge in [0.05, 0.1) is 0 Å². The molecule has 0 aliphatic carbocycles. The predicted octanol–water partition coefficient (Wildman–Crippen LogP) is -4.59. The Balaban J connectivity index is 0. The summed E-state index contributed by atoms with van der Waals surface area (Å²) < 4.78 is 0. The molecule has 0 amide bonds. The fourth-order valence-corrected chi connectivity index (χ4v) is 1.06. The van der Waals surface area contributed by atoms with Crippen LogP contribution in [0.4, 0.5) is 0 Å². The number of rotatable bonds is 4. The maximum atomic E-state index is 10.2. The SMILES string of the molecule is CNC(=S)N(CCC(=O)[O-])N(C)C.[Na+]. The van der Waals surface area contributed by atoms with Crippen LogP contribution in [0.5, 0.6) is 0 Å². The fourth-order valence-electron chi connectivity index (χ4n) is 0.809. The molecule has 0 atom stereocenters. The maximum Gasteiger partial charge on any atom is 1.00 e. The Kier molecular flexibility index (Phi) is 9.96. The summed E-state index contributed by atoms with van der Waals surface area (Å²) in [6.45, 7) is 0.314. The van der Waals surface area contributed by atoms with E-state index in [4.69, 9.17) is 12.2 Å². The molecule has 0 bridgehead atoms. The minimum Gasteiger partial charge on any atom is -0.550 e. The van der Waals surface area contributed by atoms with Crippen molar-refractivity contribution >= 4 is 23.3 Å². The number of nitrogens with zero attached hydrogens (tertiary/aromatic N) is 2. The summed E-state index contributed by atoms with van der Waals surface area (Å²) in [6, 6.07) is 0. The standard InChI is InChI=1S/C7H15N3O2S.Na/c1-8-7(13)10(9(2)3)5-4-6(11)12;/h4-5H2,1-3H3,(H,8,13)(H,11,12);/q;+1/p-1. The van der Waals surface area contributed by atoms with Gasteiger partial charge in [0.1, 0.15) is 0 Å². The second-order valence-electron chi connectivity index (χ2n) is 2.65. The van der Waals surface area contributed by atoms with E-state index in [2.05, 4.69) is 5.32 Å². The number of hydrazine groups is 1. The summed E-state index contributed by atoms with van der Waals surface area (Å²) in [5.74, 6) is -1.08. The first-order chi connectivity index (χ1) is 5.99. The molecule has 1 N–H and O–H groups in total. The van der Waals surface area contributed by atoms with E-state index in [1.54, 1.807) is 31.2 Å². The van der Waals surface area contributed by atoms with E-state index in [0.29, 0.717) is 11.7 Å². The number of thiocarbonyl (C=S) groups is 1. The molecular weight excluding hydrogens is 213 g/mol. The van der Waals surface area contributed by atoms with Crippen LogP contribution in [0.1, 0.15) is 6.42 Å². The molecule has 0 heterocycles. The van der Waals surface area contributed by atoms with Crippen LogP contribution in [0.3, 0.4) is 0 Å². The predicted molar refractivity (Wildman–Crippen MR) is 51.7 cm³/mol. The largest absolute Gasteiger partial charge is 1.00 e. The number of carbonyl (C=O) groups is 1. The van der Waals surface area contributed by atoms with E-state index >= 15 is 0 Å². The first-order valence-corrected chi connectivity index (χ1v) is 4.26. The number of carboxylic acids is 1. The molecule has 0 aromatic rings. The monoisotopic (exact) mass is 227 g/mol. The van der Waals surface area contributed by atoms with Crippen LogP contribution in [0.2, 0.25) is 0 Å². The van der Waals surface area contributed by atoms with Gasteiger partial charge in [0.25, 0.3) is 0 Å². The third-order valence-corrected chi connectivity index (χ3v) is 1.87. The average Bonchev–Trinajstić information content (AvgIpc) is 2.03. The van der Waals surface area contributed by atoms with Crippen molar-refractivity contribution < 1.29 is 39.5 Å². The van der Waals surface area contributed by atoms with E-state index in [0.717, 1.165) is 0 Å². The summed E-state index contributed by atoms with van der Waals surface area (Å²) in [5, 5.41) is 16.8. The van der Waals surface area contributed by atoms with Crippen molar-refractivity contribution in [1.29, 1.82) is 0 Å². The number of hydrogen-bond acceptors (Lipinski definition) is 4. The van der Waals surface area contributed by atoms with E-state index in [-0.39, 0.29) is 36.0 Å². The van der Waals surface area contributed by atoms with Crippen LogP contribution in [0.25, 0.3) is 0 Å². The molecule has 14 heavy (non-hydrogen) atoms. The third kappa shape index (κ3) is 6.56. The molecule has 7 heteroatoms. The van der Waals surface area contributed by atoms with Crippen LogP contribution in [-0.4, -0.2) is 48.8 Å². The topological polar surface area (TPSA) is 58.6 Å². The van der Waals surface area contributed by atoms with Gasteiger partial charge < -0.3 is 15.2 Å². The molecule has 0 unspecified atom stereocenters. The van der Waals surface area contributed by atoms with Crippen molar-refractivity contribution in [3.63, 3.8) is 0 Å². The summed E-state index contributed by atoms with van der Waals surface area (Å²) >= 11 is 4.96. The van der Waals surface area contributed by atoms with E-state index in [9.17, 15) is 9.90 Å². The molecule has 0 rings (SSSR count). The van der Waals surface area contributed by atoms with Crippen molar-refractivity contribution in [2.75, 3.05) is 27.7 Å². The van der Waals surface area contributed by atoms with Gasteiger partial charge in [-0.2, -0.15) is 0 Å². The minimum absolute atomic E-state index is 0. The number of carbonyl (C=O) groups excluding carboxylic acids is 1. The molecule has 0 radical (unpaired) electrons. The number of carboxylic acid groups (broad SMARTS) is 1. The van der Waals surface area contributed by atoms with Gasteiger partial charge in [0.15, 0.2) is 5.11 Å². The molecule has 0 fully saturated rings. The molecule has 0 spiro atoms. The first-order valence-electron chi connectivity index (χ1n) is 3.85. The minimum atomic E-state index is -1.08. The van der Waals surface area contributed by atoms with Crippen molar-refractivity contribution in [1.82, 2.24) is 15.3 Å². The van der Waals surface area contributed by atoms with Gasteiger partial charge in [-0.3, -0.25) is 5.01 Å². The zero-order valence-corrected chi connectivity index (χ0v) is 11.8. The summed E-state index contributed by atoms with van der Waals surface area (Å²) in [4.78, 5) is 10.2. The Morgan fingerprint density at radius 3 is 2.29 bits per heavy atom. The van der Waals surface area contributed by atoms with Crippen LogP contribution >= 0.6 is 12.2 Å². The van der Waals surface area contributed by atoms with Crippen LogP contribution in [0, 0.1) is 0 Å². The molecule has 0 saturated heterocycles. The molecule has 76 valence electrons. The first kappa shape index (κ1) is 16.5. The molecular formula is C7H14N3NaO2S. The summed E-state index contributed by atoms with van der Waals surface area (Å²) in [6.07, 6.45) is -0.0417. The Morgan fingerprint density at radius 2 is 2.00 bits per heavy atom. The van der Waals surface area contributed by atoms with Gasteiger partial charge in [-0.1, -0.05) is 0 Å². The molecule has 0 aliphatic rings. The Labute approximate surface area is 112 Å². The normalized spacial score (nSPS) is 9.14. The smallest absolute Gasteiger partial charge is 0.550 e. The zero-order chi connectivity index (χ0) is 10.4. The zero-order valence-electron chi connectivity index (χ0n) is 9.03. The van der Waals surface area contributed by atoms with E-state index in [1.165, 1.54) is 0 Å². The molecule has 5 nitrogen and oxygen atoms in total. The second-order valence-corrected chi connectivity index (χ2v) is 3.03. The Hall–Kier alpha value is 0.120. The van der Waals surface area contributed by atoms with Gasteiger partial charge in [-0.15, -0.1) is 0 Å². The quantitative estimate of drug-likeness (QED) is 0.296. The van der Waals surface area contributed by atoms with Gasteiger partial charge in [0.2, 0.25) is 0 Å². The van der Waals surface area contributed by atoms with Crippen LogP contribution in [0.15, 0.2) is 0 Å². The van der Waals surface area contributed by atoms with Crippen molar-refractivity contribution in [3.8, 4) is 0 Å². The van der Waals surface area contributed by atoms with Gasteiger partial charge in [0, 0.05) is 40.1 Å². The van der Waals surface area contributed by atoms with E-state index < -0.39 is 5.97 Å². The molecule has 0 aromatic carbocycles. The molecule has 0 aliphatic heterocycles. The average molecular weight is 227 g/mol. The summed E-state index contributed by atoms with van der Waals surface area (Å²) in [7, 11) is 5.27. The summed E-state index contributed by atoms with van der Waals surface area (Å²) in [5.41, 5.74) is 0. The van der Waals surface area contributed by atoms with Crippen molar-refractivity contribution in [2.45, 2.75) is 6.42 Å². The number of aliphatic carboxylic acids is 1. The van der Waals surface area contributed by atoms with Crippen molar-refractivity contribution in [2.24, 2.45) is 0 Å². The molecule has 0 saturated carbocycles. The molecule has 0 aromatic heterocycles. The van der Waals surface area contributed by atoms with Gasteiger partial charge in [-0.05, 0) is 12.2 Å². The van der Waals surface area contributed by atoms with Crippen LogP contribution < -0.4 is 40.0 Å². The van der Waals surface area contributed by atoms with E-state index in [1.807, 2.05) is 0 Å². The third-order valence-electron chi connectivity index (χ3n) is 1.46. The van der Waals surface area contributed by atoms with Gasteiger partial charge >= 0.3 is 29.6 Å². The van der Waals surface area contributed by atoms with Crippen LogP contribution in [-0.2, 0) is 4.79 Å². The van der Waals surface area contributed by atoms with Gasteiger partial charge in [-0.25, -0.2) is 5.01 Å². The Morgan fingerprint density at radius 1 is 1.50 bits per heavy atom. The number of nitrogens with one attached hydrogen (secondary N) is 1. The number of hydrogen-bond donors (Lipinski definition) is 1. The Bertz CT molecular complexity index is 201. The second kappa shape index (κ2) is 8.43. The van der Waals surface area contributed by atoms with Crippen molar-refractivity contribution in [3.05, 3.63) is 0 Å².